The molecule has 0 amide bonds. The van der Waals surface area contributed by atoms with E-state index in [0.717, 1.165) is 35.4 Å². The van der Waals surface area contributed by atoms with Gasteiger partial charge in [-0.05, 0) is 48.8 Å². The molecule has 1 heterocycles. The van der Waals surface area contributed by atoms with E-state index in [2.05, 4.69) is 52.0 Å². The van der Waals surface area contributed by atoms with E-state index >= 15 is 0 Å². The summed E-state index contributed by atoms with van der Waals surface area (Å²) in [5.74, 6) is 1.12. The average Bonchev–Trinajstić information content (AvgIpc) is 3.14. The van der Waals surface area contributed by atoms with Gasteiger partial charge in [0.15, 0.2) is 0 Å². The predicted octanol–water partition coefficient (Wildman–Crippen LogP) is 6.85. The number of carbonyl (C=O) groups excluding carboxylic acids is 1. The first kappa shape index (κ1) is 20.3. The van der Waals surface area contributed by atoms with Crippen molar-refractivity contribution >= 4 is 12.0 Å². The fourth-order valence-corrected chi connectivity index (χ4v) is 4.65. The molecule has 0 aliphatic heterocycles. The molecule has 0 unspecified atom stereocenters. The minimum absolute atomic E-state index is 0.0744. The fraction of sp³-hybridized carbons (Fsp3) is 0.333. The molecule has 2 atom stereocenters. The van der Waals surface area contributed by atoms with E-state index in [1.54, 1.807) is 10.8 Å². The lowest BCUT2D eigenvalue weighted by Crippen LogP contribution is -2.23. The number of aromatic nitrogens is 2. The third kappa shape index (κ3) is 3.77. The molecule has 3 nitrogen and oxygen atoms in total. The van der Waals surface area contributed by atoms with Crippen molar-refractivity contribution in [3.63, 3.8) is 0 Å². The Kier molecular flexibility index (Phi) is 5.72. The van der Waals surface area contributed by atoms with E-state index in [9.17, 15) is 4.79 Å². The molecule has 2 aromatic carbocycles. The zero-order valence-electron chi connectivity index (χ0n) is 18.3. The van der Waals surface area contributed by atoms with Crippen molar-refractivity contribution in [1.82, 2.24) is 9.78 Å². The van der Waals surface area contributed by atoms with Crippen LogP contribution in [0.2, 0.25) is 0 Å². The summed E-state index contributed by atoms with van der Waals surface area (Å²) in [7, 11) is 0. The summed E-state index contributed by atoms with van der Waals surface area (Å²) in [6.45, 7) is 8.89. The second kappa shape index (κ2) is 8.43. The van der Waals surface area contributed by atoms with Gasteiger partial charge in [0, 0.05) is 23.1 Å². The van der Waals surface area contributed by atoms with Crippen molar-refractivity contribution in [2.45, 2.75) is 52.4 Å². The zero-order valence-corrected chi connectivity index (χ0v) is 18.3. The number of benzene rings is 2. The number of aryl methyl sites for hydroxylation is 1. The Balaban J connectivity index is 1.86. The van der Waals surface area contributed by atoms with Gasteiger partial charge in [0.25, 0.3) is 5.91 Å². The van der Waals surface area contributed by atoms with Crippen molar-refractivity contribution < 1.29 is 4.79 Å². The van der Waals surface area contributed by atoms with Crippen LogP contribution in [0.5, 0.6) is 0 Å². The second-order valence-electron chi connectivity index (χ2n) is 8.79. The topological polar surface area (TPSA) is 34.9 Å². The van der Waals surface area contributed by atoms with Gasteiger partial charge in [-0.1, -0.05) is 75.4 Å². The smallest absolute Gasteiger partial charge is 0.267 e. The van der Waals surface area contributed by atoms with E-state index in [1.807, 2.05) is 36.4 Å². The first-order valence-corrected chi connectivity index (χ1v) is 10.9. The molecule has 0 fully saturated rings. The molecule has 4 rings (SSSR count). The summed E-state index contributed by atoms with van der Waals surface area (Å²) in [6, 6.07) is 18.3. The van der Waals surface area contributed by atoms with Crippen LogP contribution in [0.4, 0.5) is 0 Å². The molecule has 0 saturated heterocycles. The highest BCUT2D eigenvalue weighted by Crippen LogP contribution is 2.46. The maximum Gasteiger partial charge on any atom is 0.271 e. The van der Waals surface area contributed by atoms with Crippen molar-refractivity contribution in [2.24, 2.45) is 5.92 Å². The number of carbonyl (C=O) groups is 1. The number of rotatable bonds is 4. The highest BCUT2D eigenvalue weighted by Gasteiger charge is 2.35. The molecule has 1 aromatic heterocycles. The summed E-state index contributed by atoms with van der Waals surface area (Å²) in [5.41, 5.74) is 6.68. The van der Waals surface area contributed by atoms with E-state index < -0.39 is 0 Å². The average molecular weight is 399 g/mol. The standard InChI is InChI=1S/C27H30N2O/c1-18(2)22-16-14-20(4)25-26(23-13-9-8-10-19(23)3)28-29(27(22)25)24(30)17-15-21-11-6-5-7-12-21/h5-13,15,17-18,20,22H,14,16H2,1-4H3/b17-15+/t20-,22-/m1/s1. The third-order valence-electron chi connectivity index (χ3n) is 6.35. The van der Waals surface area contributed by atoms with Crippen molar-refractivity contribution in [2.75, 3.05) is 0 Å². The lowest BCUT2D eigenvalue weighted by atomic mass is 9.75. The van der Waals surface area contributed by atoms with Crippen LogP contribution in [0.1, 0.15) is 72.6 Å². The Morgan fingerprint density at radius 3 is 2.47 bits per heavy atom. The van der Waals surface area contributed by atoms with Crippen molar-refractivity contribution in [3.05, 3.63) is 83.1 Å². The van der Waals surface area contributed by atoms with Gasteiger partial charge in [0.05, 0.1) is 11.4 Å². The predicted molar refractivity (Wildman–Crippen MR) is 124 cm³/mol. The summed E-state index contributed by atoms with van der Waals surface area (Å²) < 4.78 is 1.69. The molecule has 0 spiro atoms. The number of fused-ring (bicyclic) bond motifs is 1. The Hall–Kier alpha value is -2.94. The van der Waals surface area contributed by atoms with Gasteiger partial charge < -0.3 is 0 Å². The van der Waals surface area contributed by atoms with Crippen LogP contribution in [0.15, 0.2) is 60.7 Å². The molecule has 0 N–H and O–H groups in total. The molecular formula is C27H30N2O. The first-order chi connectivity index (χ1) is 14.5. The largest absolute Gasteiger partial charge is 0.271 e. The molecule has 3 heteroatoms. The quantitative estimate of drug-likeness (QED) is 0.451. The Morgan fingerprint density at radius 1 is 1.07 bits per heavy atom. The lowest BCUT2D eigenvalue weighted by Gasteiger charge is -2.30. The van der Waals surface area contributed by atoms with Crippen LogP contribution >= 0.6 is 0 Å². The fourth-order valence-electron chi connectivity index (χ4n) is 4.65. The minimum Gasteiger partial charge on any atom is -0.267 e. The number of hydrogen-bond donors (Lipinski definition) is 0. The summed E-state index contributed by atoms with van der Waals surface area (Å²) in [4.78, 5) is 13.3. The van der Waals surface area contributed by atoms with Gasteiger partial charge >= 0.3 is 0 Å². The summed E-state index contributed by atoms with van der Waals surface area (Å²) in [6.07, 6.45) is 5.76. The van der Waals surface area contributed by atoms with Gasteiger partial charge in [-0.15, -0.1) is 0 Å². The molecule has 3 aromatic rings. The van der Waals surface area contributed by atoms with Crippen LogP contribution in [-0.4, -0.2) is 15.7 Å². The normalized spacial score (nSPS) is 18.7. The molecule has 0 bridgehead atoms. The molecule has 154 valence electrons. The minimum atomic E-state index is -0.0744. The first-order valence-electron chi connectivity index (χ1n) is 10.9. The van der Waals surface area contributed by atoms with E-state index in [0.29, 0.717) is 17.8 Å². The van der Waals surface area contributed by atoms with Gasteiger partial charge in [0.1, 0.15) is 0 Å². The van der Waals surface area contributed by atoms with Gasteiger partial charge in [-0.2, -0.15) is 5.10 Å². The van der Waals surface area contributed by atoms with Crippen molar-refractivity contribution in [1.29, 1.82) is 0 Å². The van der Waals surface area contributed by atoms with Crippen LogP contribution < -0.4 is 0 Å². The second-order valence-corrected chi connectivity index (χ2v) is 8.79. The van der Waals surface area contributed by atoms with Crippen LogP contribution in [0.3, 0.4) is 0 Å². The Morgan fingerprint density at radius 2 is 1.77 bits per heavy atom. The maximum absolute atomic E-state index is 13.3. The van der Waals surface area contributed by atoms with Crippen LogP contribution in [0.25, 0.3) is 17.3 Å². The maximum atomic E-state index is 13.3. The van der Waals surface area contributed by atoms with Crippen LogP contribution in [0, 0.1) is 12.8 Å². The van der Waals surface area contributed by atoms with E-state index in [4.69, 9.17) is 5.10 Å². The number of nitrogens with zero attached hydrogens (tertiary/aromatic N) is 2. The summed E-state index contributed by atoms with van der Waals surface area (Å²) in [5, 5.41) is 4.93. The SMILES string of the molecule is Cc1ccccc1-c1nn(C(=O)/C=C/c2ccccc2)c2c1[C@H](C)CC[C@@H]2C(C)C. The molecule has 30 heavy (non-hydrogen) atoms. The van der Waals surface area contributed by atoms with Crippen LogP contribution in [-0.2, 0) is 0 Å². The molecular weight excluding hydrogens is 368 g/mol. The van der Waals surface area contributed by atoms with E-state index in [-0.39, 0.29) is 5.91 Å². The van der Waals surface area contributed by atoms with Gasteiger partial charge in [0.2, 0.25) is 0 Å². The van der Waals surface area contributed by atoms with Gasteiger partial charge in [-0.3, -0.25) is 4.79 Å². The highest BCUT2D eigenvalue weighted by atomic mass is 16.2. The summed E-state index contributed by atoms with van der Waals surface area (Å²) >= 11 is 0. The zero-order chi connectivity index (χ0) is 21.3. The lowest BCUT2D eigenvalue weighted by molar-refractivity contribution is 0.0947. The third-order valence-corrected chi connectivity index (χ3v) is 6.35. The monoisotopic (exact) mass is 398 g/mol. The highest BCUT2D eigenvalue weighted by molar-refractivity contribution is 5.94. The molecule has 0 radical (unpaired) electrons. The molecule has 1 aliphatic rings. The Labute approximate surface area is 179 Å². The van der Waals surface area contributed by atoms with E-state index in [1.165, 1.54) is 11.1 Å². The number of allylic oxidation sites excluding steroid dienone is 1. The number of hydrogen-bond acceptors (Lipinski definition) is 2. The Bertz CT molecular complexity index is 1080. The van der Waals surface area contributed by atoms with Crippen molar-refractivity contribution in [3.8, 4) is 11.3 Å². The van der Waals surface area contributed by atoms with Gasteiger partial charge in [-0.25, -0.2) is 4.68 Å². The molecule has 1 aliphatic carbocycles. The molecule has 0 saturated carbocycles.